The number of anilines is 1. The van der Waals surface area contributed by atoms with E-state index in [0.717, 1.165) is 47.8 Å². The molecule has 1 aliphatic carbocycles. The average Bonchev–Trinajstić information content (AvgIpc) is 3.13. The zero-order chi connectivity index (χ0) is 18.8. The van der Waals surface area contributed by atoms with Gasteiger partial charge in [0.1, 0.15) is 0 Å². The highest BCUT2D eigenvalue weighted by molar-refractivity contribution is 5.94. The molecular formula is C20H23N5O2. The van der Waals surface area contributed by atoms with Gasteiger partial charge in [-0.25, -0.2) is 4.98 Å². The van der Waals surface area contributed by atoms with Crippen molar-refractivity contribution in [3.63, 3.8) is 0 Å². The summed E-state index contributed by atoms with van der Waals surface area (Å²) in [6.45, 7) is 0.212. The fourth-order valence-electron chi connectivity index (χ4n) is 3.74. The fraction of sp³-hybridized carbons (Fsp3) is 0.400. The van der Waals surface area contributed by atoms with E-state index in [0.29, 0.717) is 11.7 Å². The molecular weight excluding hydrogens is 342 g/mol. The first-order chi connectivity index (χ1) is 13.1. The van der Waals surface area contributed by atoms with Gasteiger partial charge in [0.05, 0.1) is 23.7 Å². The van der Waals surface area contributed by atoms with E-state index in [1.165, 1.54) is 0 Å². The first kappa shape index (κ1) is 17.6. The number of fused-ring (bicyclic) bond motifs is 1. The summed E-state index contributed by atoms with van der Waals surface area (Å²) in [6.07, 6.45) is 6.99. The molecule has 7 heteroatoms. The Bertz CT molecular complexity index is 960. The van der Waals surface area contributed by atoms with Crippen molar-refractivity contribution in [3.8, 4) is 11.3 Å². The maximum Gasteiger partial charge on any atom is 0.228 e. The first-order valence-corrected chi connectivity index (χ1v) is 9.30. The summed E-state index contributed by atoms with van der Waals surface area (Å²) in [5, 5.41) is 21.4. The third-order valence-corrected chi connectivity index (χ3v) is 5.42. The van der Waals surface area contributed by atoms with E-state index in [1.54, 1.807) is 6.33 Å². The lowest BCUT2D eigenvalue weighted by Crippen LogP contribution is -2.28. The van der Waals surface area contributed by atoms with Gasteiger partial charge in [-0.2, -0.15) is 0 Å². The summed E-state index contributed by atoms with van der Waals surface area (Å²) in [5.41, 5.74) is 2.83. The highest BCUT2D eigenvalue weighted by atomic mass is 16.3. The minimum atomic E-state index is -0.0222. The van der Waals surface area contributed by atoms with Crippen LogP contribution in [-0.4, -0.2) is 37.4 Å². The van der Waals surface area contributed by atoms with Gasteiger partial charge in [-0.05, 0) is 49.8 Å². The second kappa shape index (κ2) is 7.44. The molecule has 1 saturated carbocycles. The molecule has 0 aliphatic heterocycles. The lowest BCUT2D eigenvalue weighted by molar-refractivity contribution is -0.121. The number of nitrogens with one attached hydrogen (secondary N) is 1. The van der Waals surface area contributed by atoms with Crippen LogP contribution in [0.25, 0.3) is 22.2 Å². The number of nitrogens with zero attached hydrogens (tertiary/aromatic N) is 4. The Morgan fingerprint density at radius 1 is 1.22 bits per heavy atom. The van der Waals surface area contributed by atoms with Crippen molar-refractivity contribution in [2.75, 3.05) is 11.9 Å². The lowest BCUT2D eigenvalue weighted by Gasteiger charge is -2.26. The molecule has 0 spiro atoms. The quantitative estimate of drug-likeness (QED) is 0.742. The minimum Gasteiger partial charge on any atom is -0.396 e. The third-order valence-electron chi connectivity index (χ3n) is 5.42. The molecule has 2 aromatic heterocycles. The number of imidazole rings is 1. The van der Waals surface area contributed by atoms with Gasteiger partial charge in [-0.15, -0.1) is 10.2 Å². The van der Waals surface area contributed by atoms with Crippen molar-refractivity contribution in [2.24, 2.45) is 18.9 Å². The Balaban J connectivity index is 1.52. The minimum absolute atomic E-state index is 0.0113. The summed E-state index contributed by atoms with van der Waals surface area (Å²) in [5.74, 6) is 0.771. The zero-order valence-electron chi connectivity index (χ0n) is 15.3. The molecule has 4 rings (SSSR count). The highest BCUT2D eigenvalue weighted by Gasteiger charge is 2.26. The van der Waals surface area contributed by atoms with E-state index in [-0.39, 0.29) is 18.4 Å². The summed E-state index contributed by atoms with van der Waals surface area (Å²) in [6, 6.07) is 7.81. The molecule has 3 aromatic rings. The number of benzene rings is 1. The van der Waals surface area contributed by atoms with Gasteiger partial charge >= 0.3 is 0 Å². The van der Waals surface area contributed by atoms with Crippen molar-refractivity contribution < 1.29 is 9.90 Å². The number of aliphatic hydroxyl groups excluding tert-OH is 1. The number of aliphatic hydroxyl groups is 1. The number of carbonyl (C=O) groups excluding carboxylic acids is 1. The van der Waals surface area contributed by atoms with Crippen molar-refractivity contribution in [1.29, 1.82) is 0 Å². The third kappa shape index (κ3) is 3.68. The van der Waals surface area contributed by atoms with E-state index >= 15 is 0 Å². The van der Waals surface area contributed by atoms with Crippen LogP contribution < -0.4 is 5.32 Å². The van der Waals surface area contributed by atoms with Crippen LogP contribution in [-0.2, 0) is 11.8 Å². The van der Waals surface area contributed by atoms with Crippen LogP contribution in [0.3, 0.4) is 0 Å². The molecule has 140 valence electrons. The summed E-state index contributed by atoms with van der Waals surface area (Å²) in [4.78, 5) is 16.7. The molecule has 0 saturated heterocycles. The van der Waals surface area contributed by atoms with Crippen molar-refractivity contribution in [1.82, 2.24) is 19.7 Å². The normalized spacial score (nSPS) is 19.9. The standard InChI is InChI=1S/C20H23N5O2/c1-25-12-21-10-18(25)15-6-7-17-16(8-15)9-19(24-23-17)22-20(27)14-4-2-13(11-26)3-5-14/h6-10,12-14,26H,2-5,11H2,1H3,(H,22,24,27)/t13-,14-. The number of carbonyl (C=O) groups is 1. The van der Waals surface area contributed by atoms with E-state index in [2.05, 4.69) is 20.5 Å². The number of hydrogen-bond donors (Lipinski definition) is 2. The summed E-state index contributed by atoms with van der Waals surface area (Å²) >= 11 is 0. The molecule has 0 bridgehead atoms. The van der Waals surface area contributed by atoms with Gasteiger partial charge in [0.2, 0.25) is 5.91 Å². The van der Waals surface area contributed by atoms with Crippen molar-refractivity contribution in [3.05, 3.63) is 36.8 Å². The number of aryl methyl sites for hydroxylation is 1. The van der Waals surface area contributed by atoms with Crippen LogP contribution >= 0.6 is 0 Å². The monoisotopic (exact) mass is 365 g/mol. The smallest absolute Gasteiger partial charge is 0.228 e. The predicted octanol–water partition coefficient (Wildman–Crippen LogP) is 2.77. The lowest BCUT2D eigenvalue weighted by atomic mass is 9.82. The Morgan fingerprint density at radius 2 is 2.04 bits per heavy atom. The van der Waals surface area contributed by atoms with Crippen LogP contribution in [0, 0.1) is 11.8 Å². The molecule has 1 amide bonds. The molecule has 1 aromatic carbocycles. The zero-order valence-corrected chi connectivity index (χ0v) is 15.3. The van der Waals surface area contributed by atoms with Crippen molar-refractivity contribution >= 4 is 22.6 Å². The van der Waals surface area contributed by atoms with E-state index in [9.17, 15) is 9.90 Å². The van der Waals surface area contributed by atoms with E-state index in [1.807, 2.05) is 42.1 Å². The van der Waals surface area contributed by atoms with Crippen LogP contribution in [0.15, 0.2) is 36.8 Å². The Hall–Kier alpha value is -2.80. The molecule has 7 nitrogen and oxygen atoms in total. The van der Waals surface area contributed by atoms with E-state index < -0.39 is 0 Å². The highest BCUT2D eigenvalue weighted by Crippen LogP contribution is 2.29. The van der Waals surface area contributed by atoms with Crippen LogP contribution in [0.4, 0.5) is 5.82 Å². The molecule has 2 N–H and O–H groups in total. The maximum atomic E-state index is 12.5. The van der Waals surface area contributed by atoms with Gasteiger partial charge in [0.25, 0.3) is 0 Å². The van der Waals surface area contributed by atoms with Crippen LogP contribution in [0.5, 0.6) is 0 Å². The molecule has 1 fully saturated rings. The fourth-order valence-corrected chi connectivity index (χ4v) is 3.74. The Morgan fingerprint density at radius 3 is 2.74 bits per heavy atom. The molecule has 1 aliphatic rings. The summed E-state index contributed by atoms with van der Waals surface area (Å²) in [7, 11) is 1.95. The van der Waals surface area contributed by atoms with Gasteiger partial charge in [0, 0.05) is 30.5 Å². The topological polar surface area (TPSA) is 92.9 Å². The number of aromatic nitrogens is 4. The summed E-state index contributed by atoms with van der Waals surface area (Å²) < 4.78 is 1.96. The van der Waals surface area contributed by atoms with Gasteiger partial charge < -0.3 is 15.0 Å². The molecule has 2 heterocycles. The molecule has 0 unspecified atom stereocenters. The SMILES string of the molecule is Cn1cncc1-c1ccc2nnc(NC(=O)[C@H]3CC[C@H](CO)CC3)cc2c1. The molecule has 27 heavy (non-hydrogen) atoms. The van der Waals surface area contributed by atoms with Gasteiger partial charge in [-0.1, -0.05) is 6.07 Å². The second-order valence-electron chi connectivity index (χ2n) is 7.28. The number of hydrogen-bond acceptors (Lipinski definition) is 5. The van der Waals surface area contributed by atoms with Crippen molar-refractivity contribution in [2.45, 2.75) is 25.7 Å². The van der Waals surface area contributed by atoms with Gasteiger partial charge in [-0.3, -0.25) is 4.79 Å². The molecule has 0 radical (unpaired) electrons. The van der Waals surface area contributed by atoms with Crippen LogP contribution in [0.2, 0.25) is 0 Å². The Kier molecular flexibility index (Phi) is 4.85. The Labute approximate surface area is 157 Å². The predicted molar refractivity (Wildman–Crippen MR) is 103 cm³/mol. The van der Waals surface area contributed by atoms with Gasteiger partial charge in [0.15, 0.2) is 5.82 Å². The maximum absolute atomic E-state index is 12.5. The van der Waals surface area contributed by atoms with E-state index in [4.69, 9.17) is 0 Å². The average molecular weight is 365 g/mol. The second-order valence-corrected chi connectivity index (χ2v) is 7.28. The molecule has 0 atom stereocenters. The largest absolute Gasteiger partial charge is 0.396 e. The van der Waals surface area contributed by atoms with Crippen LogP contribution in [0.1, 0.15) is 25.7 Å². The number of amides is 1. The number of rotatable bonds is 4. The first-order valence-electron chi connectivity index (χ1n) is 9.30.